The molecule has 0 heterocycles. The molecular formula is C16H12BrF3N2O3. The molecule has 0 atom stereocenters. The summed E-state index contributed by atoms with van der Waals surface area (Å²) in [4.78, 5) is 23.4. The molecule has 0 radical (unpaired) electrons. The molecule has 0 unspecified atom stereocenters. The molecule has 0 saturated heterocycles. The number of amides is 1. The fourth-order valence-corrected chi connectivity index (χ4v) is 2.48. The van der Waals surface area contributed by atoms with Gasteiger partial charge >= 0.3 is 6.18 Å². The third kappa shape index (κ3) is 5.28. The molecule has 5 nitrogen and oxygen atoms in total. The molecular weight excluding hydrogens is 405 g/mol. The molecule has 0 saturated carbocycles. The number of benzene rings is 2. The Balaban J connectivity index is 2.35. The van der Waals surface area contributed by atoms with Crippen LogP contribution in [0.1, 0.15) is 15.9 Å². The Morgan fingerprint density at radius 3 is 2.28 bits per heavy atom. The van der Waals surface area contributed by atoms with E-state index >= 15 is 0 Å². The monoisotopic (exact) mass is 416 g/mol. The maximum absolute atomic E-state index is 12.9. The first-order valence-corrected chi connectivity index (χ1v) is 7.80. The van der Waals surface area contributed by atoms with Gasteiger partial charge in [-0.2, -0.15) is 13.2 Å². The van der Waals surface area contributed by atoms with Crippen molar-refractivity contribution < 1.29 is 22.9 Å². The summed E-state index contributed by atoms with van der Waals surface area (Å²) >= 11 is 3.18. The van der Waals surface area contributed by atoms with Crippen LogP contribution in [0.3, 0.4) is 0 Å². The van der Waals surface area contributed by atoms with Crippen molar-refractivity contribution >= 4 is 27.5 Å². The van der Waals surface area contributed by atoms with Gasteiger partial charge in [0.05, 0.1) is 11.5 Å². The van der Waals surface area contributed by atoms with Crippen molar-refractivity contribution in [1.29, 1.82) is 0 Å². The van der Waals surface area contributed by atoms with Crippen LogP contribution in [0, 0.1) is 10.1 Å². The number of halogens is 4. The highest BCUT2D eigenvalue weighted by Crippen LogP contribution is 2.24. The summed E-state index contributed by atoms with van der Waals surface area (Å²) in [5.41, 5.74) is -0.244. The maximum Gasteiger partial charge on any atom is 0.406 e. The lowest BCUT2D eigenvalue weighted by Crippen LogP contribution is -2.38. The first-order chi connectivity index (χ1) is 11.7. The number of rotatable bonds is 5. The lowest BCUT2D eigenvalue weighted by atomic mass is 10.1. The summed E-state index contributed by atoms with van der Waals surface area (Å²) in [5.74, 6) is -0.858. The van der Waals surface area contributed by atoms with Gasteiger partial charge in [0, 0.05) is 21.7 Å². The highest BCUT2D eigenvalue weighted by molar-refractivity contribution is 9.10. The topological polar surface area (TPSA) is 63.5 Å². The van der Waals surface area contributed by atoms with Crippen molar-refractivity contribution in [3.8, 4) is 0 Å². The molecule has 1 amide bonds. The molecule has 132 valence electrons. The molecule has 2 rings (SSSR count). The highest BCUT2D eigenvalue weighted by Gasteiger charge is 2.34. The van der Waals surface area contributed by atoms with Crippen LogP contribution in [0.15, 0.2) is 53.0 Å². The van der Waals surface area contributed by atoms with Crippen LogP contribution < -0.4 is 0 Å². The van der Waals surface area contributed by atoms with E-state index in [-0.39, 0.29) is 16.8 Å². The molecule has 2 aromatic carbocycles. The third-order valence-corrected chi connectivity index (χ3v) is 3.83. The van der Waals surface area contributed by atoms with E-state index in [0.29, 0.717) is 9.37 Å². The van der Waals surface area contributed by atoms with Crippen molar-refractivity contribution in [3.63, 3.8) is 0 Å². The second kappa shape index (κ2) is 7.64. The Morgan fingerprint density at radius 2 is 1.72 bits per heavy atom. The Hall–Kier alpha value is -2.42. The standard InChI is InChI=1S/C16H12BrF3N2O3/c17-13-7-5-11(6-8-13)15(23)21(10-16(18,19)20)9-12-3-1-2-4-14(12)22(24)25/h1-8H,9-10H2. The summed E-state index contributed by atoms with van der Waals surface area (Å²) in [6.07, 6.45) is -4.63. The number of nitrogens with zero attached hydrogens (tertiary/aromatic N) is 2. The van der Waals surface area contributed by atoms with Crippen LogP contribution in [0.2, 0.25) is 0 Å². The quantitative estimate of drug-likeness (QED) is 0.529. The van der Waals surface area contributed by atoms with E-state index in [9.17, 15) is 28.1 Å². The second-order valence-electron chi connectivity index (χ2n) is 5.17. The Kier molecular flexibility index (Phi) is 5.78. The van der Waals surface area contributed by atoms with E-state index in [4.69, 9.17) is 0 Å². The van der Waals surface area contributed by atoms with Crippen molar-refractivity contribution in [2.75, 3.05) is 6.54 Å². The lowest BCUT2D eigenvalue weighted by molar-refractivity contribution is -0.385. The maximum atomic E-state index is 12.9. The van der Waals surface area contributed by atoms with Crippen molar-refractivity contribution in [1.82, 2.24) is 4.90 Å². The predicted octanol–water partition coefficient (Wildman–Crippen LogP) is 4.56. The van der Waals surface area contributed by atoms with E-state index in [1.165, 1.54) is 48.5 Å². The Labute approximate surface area is 149 Å². The first-order valence-electron chi connectivity index (χ1n) is 7.01. The zero-order valence-corrected chi connectivity index (χ0v) is 14.3. The van der Waals surface area contributed by atoms with Crippen LogP contribution in [0.4, 0.5) is 18.9 Å². The fourth-order valence-electron chi connectivity index (χ4n) is 2.22. The number of nitro groups is 1. The molecule has 0 fully saturated rings. The van der Waals surface area contributed by atoms with E-state index in [0.717, 1.165) is 0 Å². The number of para-hydroxylation sites is 1. The molecule has 2 aromatic rings. The van der Waals surface area contributed by atoms with E-state index in [1.807, 2.05) is 0 Å². The molecule has 9 heteroatoms. The normalized spacial score (nSPS) is 11.2. The zero-order valence-electron chi connectivity index (χ0n) is 12.7. The SMILES string of the molecule is O=C(c1ccc(Br)cc1)N(Cc1ccccc1[N+](=O)[O-])CC(F)(F)F. The summed E-state index contributed by atoms with van der Waals surface area (Å²) in [6.45, 7) is -2.03. The number of carbonyl (C=O) groups is 1. The summed E-state index contributed by atoms with van der Waals surface area (Å²) in [6, 6.07) is 11.2. The van der Waals surface area contributed by atoms with Crippen LogP contribution in [-0.2, 0) is 6.54 Å². The smallest absolute Gasteiger partial charge is 0.325 e. The molecule has 0 bridgehead atoms. The average Bonchev–Trinajstić information content (AvgIpc) is 2.53. The summed E-state index contributed by atoms with van der Waals surface area (Å²) < 4.78 is 39.3. The number of carbonyl (C=O) groups excluding carboxylic acids is 1. The van der Waals surface area contributed by atoms with Gasteiger partial charge in [-0.15, -0.1) is 0 Å². The minimum Gasteiger partial charge on any atom is -0.325 e. The Morgan fingerprint density at radius 1 is 1.12 bits per heavy atom. The van der Waals surface area contributed by atoms with Gasteiger partial charge in [0.2, 0.25) is 0 Å². The van der Waals surface area contributed by atoms with Gasteiger partial charge in [-0.05, 0) is 24.3 Å². The molecule has 25 heavy (non-hydrogen) atoms. The number of hydrogen-bond acceptors (Lipinski definition) is 3. The fraction of sp³-hybridized carbons (Fsp3) is 0.188. The minimum atomic E-state index is -4.63. The molecule has 0 aliphatic carbocycles. The van der Waals surface area contributed by atoms with Gasteiger partial charge < -0.3 is 4.90 Å². The van der Waals surface area contributed by atoms with Gasteiger partial charge in [0.15, 0.2) is 0 Å². The van der Waals surface area contributed by atoms with Gasteiger partial charge in [-0.3, -0.25) is 14.9 Å². The number of hydrogen-bond donors (Lipinski definition) is 0. The van der Waals surface area contributed by atoms with Gasteiger partial charge in [0.1, 0.15) is 6.54 Å². The second-order valence-corrected chi connectivity index (χ2v) is 6.08. The van der Waals surface area contributed by atoms with E-state index in [2.05, 4.69) is 15.9 Å². The van der Waals surface area contributed by atoms with Crippen molar-refractivity contribution in [3.05, 3.63) is 74.2 Å². The molecule has 0 aliphatic heterocycles. The molecule has 0 spiro atoms. The molecule has 0 aliphatic rings. The van der Waals surface area contributed by atoms with Crippen LogP contribution in [0.25, 0.3) is 0 Å². The van der Waals surface area contributed by atoms with Crippen LogP contribution in [0.5, 0.6) is 0 Å². The predicted molar refractivity (Wildman–Crippen MR) is 88.0 cm³/mol. The van der Waals surface area contributed by atoms with Gasteiger partial charge in [0.25, 0.3) is 11.6 Å². The van der Waals surface area contributed by atoms with Crippen LogP contribution >= 0.6 is 15.9 Å². The number of nitro benzene ring substituents is 1. The van der Waals surface area contributed by atoms with Crippen molar-refractivity contribution in [2.24, 2.45) is 0 Å². The first kappa shape index (κ1) is 18.9. The molecule has 0 aromatic heterocycles. The van der Waals surface area contributed by atoms with Crippen molar-refractivity contribution in [2.45, 2.75) is 12.7 Å². The third-order valence-electron chi connectivity index (χ3n) is 3.30. The van der Waals surface area contributed by atoms with Crippen LogP contribution in [-0.4, -0.2) is 28.5 Å². The zero-order chi connectivity index (χ0) is 18.6. The number of alkyl halides is 3. The van der Waals surface area contributed by atoms with E-state index in [1.54, 1.807) is 0 Å². The Bertz CT molecular complexity index is 779. The van der Waals surface area contributed by atoms with Gasteiger partial charge in [-0.1, -0.05) is 34.1 Å². The minimum absolute atomic E-state index is 0.0298. The summed E-state index contributed by atoms with van der Waals surface area (Å²) in [5, 5.41) is 11.0. The lowest BCUT2D eigenvalue weighted by Gasteiger charge is -2.24. The average molecular weight is 417 g/mol. The highest BCUT2D eigenvalue weighted by atomic mass is 79.9. The largest absolute Gasteiger partial charge is 0.406 e. The van der Waals surface area contributed by atoms with E-state index < -0.39 is 30.1 Å². The summed E-state index contributed by atoms with van der Waals surface area (Å²) in [7, 11) is 0. The molecule has 0 N–H and O–H groups in total. The van der Waals surface area contributed by atoms with Gasteiger partial charge in [-0.25, -0.2) is 0 Å².